The van der Waals surface area contributed by atoms with Crippen LogP contribution in [0.2, 0.25) is 0 Å². The zero-order chi connectivity index (χ0) is 15.6. The minimum absolute atomic E-state index is 0.0397. The first-order chi connectivity index (χ1) is 11.3. The highest BCUT2D eigenvalue weighted by molar-refractivity contribution is 8.00. The second kappa shape index (κ2) is 6.34. The number of fused-ring (bicyclic) bond motifs is 1. The maximum Gasteiger partial charge on any atom is 0.251 e. The Morgan fingerprint density at radius 3 is 2.70 bits per heavy atom. The first kappa shape index (κ1) is 14.7. The minimum atomic E-state index is 0.0397. The Morgan fingerprint density at radius 2 is 1.96 bits per heavy atom. The SMILES string of the molecule is O=C(NC1CC1)c1ccc(CSc2nc3ccccc3s2)cc1. The Bertz CT molecular complexity index is 805. The summed E-state index contributed by atoms with van der Waals surface area (Å²) in [5, 5.41) is 3.01. The van der Waals surface area contributed by atoms with Crippen LogP contribution in [0.15, 0.2) is 52.9 Å². The van der Waals surface area contributed by atoms with Gasteiger partial charge in [0.05, 0.1) is 10.2 Å². The van der Waals surface area contributed by atoms with Gasteiger partial charge in [0.15, 0.2) is 4.34 Å². The molecule has 5 heteroatoms. The largest absolute Gasteiger partial charge is 0.349 e. The lowest BCUT2D eigenvalue weighted by Crippen LogP contribution is -2.25. The van der Waals surface area contributed by atoms with Gasteiger partial charge in [-0.15, -0.1) is 11.3 Å². The summed E-state index contributed by atoms with van der Waals surface area (Å²) in [5.74, 6) is 0.905. The third-order valence-corrected chi connectivity index (χ3v) is 6.02. The van der Waals surface area contributed by atoms with Gasteiger partial charge in [-0.3, -0.25) is 4.79 Å². The molecule has 1 aromatic heterocycles. The van der Waals surface area contributed by atoms with Gasteiger partial charge in [-0.25, -0.2) is 4.98 Å². The van der Waals surface area contributed by atoms with Gasteiger partial charge in [-0.2, -0.15) is 0 Å². The predicted molar refractivity (Wildman–Crippen MR) is 96.1 cm³/mol. The summed E-state index contributed by atoms with van der Waals surface area (Å²) in [6, 6.07) is 16.5. The number of hydrogen-bond donors (Lipinski definition) is 1. The fourth-order valence-electron chi connectivity index (χ4n) is 2.31. The van der Waals surface area contributed by atoms with Crippen LogP contribution in [0.1, 0.15) is 28.8 Å². The van der Waals surface area contributed by atoms with Gasteiger partial charge >= 0.3 is 0 Å². The Kier molecular flexibility index (Phi) is 4.06. The number of amides is 1. The van der Waals surface area contributed by atoms with Crippen molar-refractivity contribution in [2.24, 2.45) is 0 Å². The molecule has 23 heavy (non-hydrogen) atoms. The van der Waals surface area contributed by atoms with Crippen molar-refractivity contribution >= 4 is 39.2 Å². The molecule has 3 nitrogen and oxygen atoms in total. The average molecular weight is 340 g/mol. The maximum atomic E-state index is 12.0. The number of thioether (sulfide) groups is 1. The molecular weight excluding hydrogens is 324 g/mol. The monoisotopic (exact) mass is 340 g/mol. The first-order valence-electron chi connectivity index (χ1n) is 7.66. The molecule has 1 N–H and O–H groups in total. The Morgan fingerprint density at radius 1 is 1.17 bits per heavy atom. The van der Waals surface area contributed by atoms with Crippen LogP contribution in [0, 0.1) is 0 Å². The van der Waals surface area contributed by atoms with E-state index in [1.165, 1.54) is 10.3 Å². The van der Waals surface area contributed by atoms with Gasteiger partial charge in [0.2, 0.25) is 0 Å². The van der Waals surface area contributed by atoms with Crippen molar-refractivity contribution in [2.45, 2.75) is 29.0 Å². The highest BCUT2D eigenvalue weighted by atomic mass is 32.2. The zero-order valence-electron chi connectivity index (χ0n) is 12.5. The van der Waals surface area contributed by atoms with Crippen LogP contribution in [0.5, 0.6) is 0 Å². The molecule has 0 saturated heterocycles. The Balaban J connectivity index is 1.39. The van der Waals surface area contributed by atoms with Crippen molar-refractivity contribution in [2.75, 3.05) is 0 Å². The fourth-order valence-corrected chi connectivity index (χ4v) is 4.33. The van der Waals surface area contributed by atoms with Gasteiger partial charge in [0.25, 0.3) is 5.91 Å². The molecule has 0 bridgehead atoms. The van der Waals surface area contributed by atoms with Gasteiger partial charge in [0, 0.05) is 17.4 Å². The summed E-state index contributed by atoms with van der Waals surface area (Å²) < 4.78 is 2.31. The number of carbonyl (C=O) groups excluding carboxylic acids is 1. The van der Waals surface area contributed by atoms with Crippen molar-refractivity contribution in [3.8, 4) is 0 Å². The van der Waals surface area contributed by atoms with E-state index in [-0.39, 0.29) is 5.91 Å². The lowest BCUT2D eigenvalue weighted by Gasteiger charge is -2.04. The Hall–Kier alpha value is -1.85. The van der Waals surface area contributed by atoms with Crippen LogP contribution in [-0.2, 0) is 5.75 Å². The second-order valence-electron chi connectivity index (χ2n) is 5.68. The predicted octanol–water partition coefficient (Wildman–Crippen LogP) is 4.48. The van der Waals surface area contributed by atoms with Crippen molar-refractivity contribution in [1.29, 1.82) is 0 Å². The van der Waals surface area contributed by atoms with Crippen LogP contribution < -0.4 is 5.32 Å². The smallest absolute Gasteiger partial charge is 0.251 e. The Labute approximate surface area is 143 Å². The van der Waals surface area contributed by atoms with Crippen molar-refractivity contribution < 1.29 is 4.79 Å². The topological polar surface area (TPSA) is 42.0 Å². The molecule has 0 unspecified atom stereocenters. The summed E-state index contributed by atoms with van der Waals surface area (Å²) in [4.78, 5) is 16.6. The van der Waals surface area contributed by atoms with E-state index in [0.29, 0.717) is 6.04 Å². The zero-order valence-corrected chi connectivity index (χ0v) is 14.1. The van der Waals surface area contributed by atoms with E-state index in [4.69, 9.17) is 0 Å². The van der Waals surface area contributed by atoms with Gasteiger partial charge in [-0.1, -0.05) is 36.0 Å². The van der Waals surface area contributed by atoms with E-state index in [2.05, 4.69) is 16.4 Å². The van der Waals surface area contributed by atoms with Crippen LogP contribution in [0.4, 0.5) is 0 Å². The molecule has 0 radical (unpaired) electrons. The number of nitrogens with one attached hydrogen (secondary N) is 1. The van der Waals surface area contributed by atoms with Gasteiger partial charge < -0.3 is 5.32 Å². The normalized spacial score (nSPS) is 14.1. The highest BCUT2D eigenvalue weighted by Crippen LogP contribution is 2.31. The summed E-state index contributed by atoms with van der Waals surface area (Å²) in [5.41, 5.74) is 3.01. The lowest BCUT2D eigenvalue weighted by molar-refractivity contribution is 0.0951. The number of aromatic nitrogens is 1. The summed E-state index contributed by atoms with van der Waals surface area (Å²) in [6.45, 7) is 0. The third kappa shape index (κ3) is 3.57. The van der Waals surface area contributed by atoms with E-state index < -0.39 is 0 Å². The number of hydrogen-bond acceptors (Lipinski definition) is 4. The van der Waals surface area contributed by atoms with E-state index in [0.717, 1.165) is 34.0 Å². The fraction of sp³-hybridized carbons (Fsp3) is 0.222. The molecule has 0 atom stereocenters. The molecular formula is C18H16N2OS2. The lowest BCUT2D eigenvalue weighted by atomic mass is 10.1. The highest BCUT2D eigenvalue weighted by Gasteiger charge is 2.23. The molecule has 2 aromatic carbocycles. The summed E-state index contributed by atoms with van der Waals surface area (Å²) >= 11 is 3.47. The number of para-hydroxylation sites is 1. The van der Waals surface area contributed by atoms with E-state index in [1.807, 2.05) is 42.5 Å². The third-order valence-electron chi connectivity index (χ3n) is 3.77. The molecule has 1 aliphatic rings. The second-order valence-corrected chi connectivity index (χ2v) is 7.93. The number of carbonyl (C=O) groups is 1. The maximum absolute atomic E-state index is 12.0. The molecule has 4 rings (SSSR count). The van der Waals surface area contributed by atoms with Crippen molar-refractivity contribution in [3.63, 3.8) is 0 Å². The van der Waals surface area contributed by atoms with E-state index in [9.17, 15) is 4.79 Å². The molecule has 1 aliphatic carbocycles. The molecule has 3 aromatic rings. The van der Waals surface area contributed by atoms with Gasteiger partial charge in [0.1, 0.15) is 0 Å². The summed E-state index contributed by atoms with van der Waals surface area (Å²) in [7, 11) is 0. The molecule has 1 amide bonds. The molecule has 1 saturated carbocycles. The molecule has 1 fully saturated rings. The molecule has 0 spiro atoms. The van der Waals surface area contributed by atoms with Crippen molar-refractivity contribution in [3.05, 3.63) is 59.7 Å². The van der Waals surface area contributed by atoms with Crippen LogP contribution in [0.3, 0.4) is 0 Å². The number of thiazole rings is 1. The quantitative estimate of drug-likeness (QED) is 0.696. The first-order valence-corrected chi connectivity index (χ1v) is 9.46. The van der Waals surface area contributed by atoms with Crippen molar-refractivity contribution in [1.82, 2.24) is 10.3 Å². The summed E-state index contributed by atoms with van der Waals surface area (Å²) in [6.07, 6.45) is 2.23. The molecule has 1 heterocycles. The average Bonchev–Trinajstić information content (AvgIpc) is 3.29. The van der Waals surface area contributed by atoms with Gasteiger partial charge in [-0.05, 0) is 42.7 Å². The van der Waals surface area contributed by atoms with E-state index >= 15 is 0 Å². The minimum Gasteiger partial charge on any atom is -0.349 e. The van der Waals surface area contributed by atoms with E-state index in [1.54, 1.807) is 23.1 Å². The number of rotatable bonds is 5. The van der Waals surface area contributed by atoms with Crippen LogP contribution >= 0.6 is 23.1 Å². The standard InChI is InChI=1S/C18H16N2OS2/c21-17(19-14-9-10-14)13-7-5-12(6-8-13)11-22-18-20-15-3-1-2-4-16(15)23-18/h1-8,14H,9-11H2,(H,19,21). The molecule has 116 valence electrons. The van der Waals surface area contributed by atoms with Crippen LogP contribution in [0.25, 0.3) is 10.2 Å². The molecule has 0 aliphatic heterocycles. The number of benzene rings is 2. The van der Waals surface area contributed by atoms with Crippen LogP contribution in [-0.4, -0.2) is 16.9 Å². The number of nitrogens with zero attached hydrogens (tertiary/aromatic N) is 1.